The number of pyridine rings is 1. The minimum Gasteiger partial charge on any atom is -0.382 e. The molecule has 1 amide bonds. The van der Waals surface area contributed by atoms with Gasteiger partial charge in [0.15, 0.2) is 5.82 Å². The van der Waals surface area contributed by atoms with Crippen LogP contribution >= 0.6 is 0 Å². The molecule has 4 aromatic heterocycles. The first kappa shape index (κ1) is 21.7. The molecule has 174 valence electrons. The van der Waals surface area contributed by atoms with E-state index in [1.807, 2.05) is 18.3 Å². The Bertz CT molecular complexity index is 1310. The highest BCUT2D eigenvalue weighted by molar-refractivity contribution is 5.75. The lowest BCUT2D eigenvalue weighted by atomic mass is 9.77. The molecule has 0 saturated heterocycles. The van der Waals surface area contributed by atoms with Crippen LogP contribution in [0.15, 0.2) is 47.6 Å². The Morgan fingerprint density at radius 2 is 1.94 bits per heavy atom. The molecule has 0 spiro atoms. The van der Waals surface area contributed by atoms with E-state index in [-0.39, 0.29) is 12.5 Å². The van der Waals surface area contributed by atoms with Gasteiger partial charge in [-0.2, -0.15) is 10.1 Å². The van der Waals surface area contributed by atoms with E-state index >= 15 is 0 Å². The van der Waals surface area contributed by atoms with Gasteiger partial charge in [-0.1, -0.05) is 11.2 Å². The van der Waals surface area contributed by atoms with Crippen molar-refractivity contribution in [2.24, 2.45) is 5.92 Å². The Balaban J connectivity index is 1.41. The Hall–Kier alpha value is -4.15. The number of aromatic nitrogens is 7. The second-order valence-electron chi connectivity index (χ2n) is 8.87. The first-order valence-corrected chi connectivity index (χ1v) is 11.0. The molecule has 2 N–H and O–H groups in total. The number of nitrogens with zero attached hydrogens (tertiary/aromatic N) is 8. The number of likely N-dealkylation sites (N-methyl/N-ethyl adjacent to an activating group) is 1. The van der Waals surface area contributed by atoms with Gasteiger partial charge < -0.3 is 15.2 Å². The van der Waals surface area contributed by atoms with Gasteiger partial charge in [0.25, 0.3) is 5.89 Å². The average molecular weight is 460 g/mol. The molecule has 1 unspecified atom stereocenters. The summed E-state index contributed by atoms with van der Waals surface area (Å²) in [5, 5.41) is 8.58. The summed E-state index contributed by atoms with van der Waals surface area (Å²) in [5.41, 5.74) is 8.21. The third-order valence-corrected chi connectivity index (χ3v) is 6.26. The monoisotopic (exact) mass is 459 g/mol. The third-order valence-electron chi connectivity index (χ3n) is 6.26. The first-order valence-electron chi connectivity index (χ1n) is 11.0. The van der Waals surface area contributed by atoms with Gasteiger partial charge >= 0.3 is 0 Å². The van der Waals surface area contributed by atoms with Gasteiger partial charge in [0.05, 0.1) is 35.3 Å². The SMILES string of the molecule is CN(C)C(=O)Cn1cc(-c2nc(C(C)(c3ccc(-c4cnc(N)cn4)nc3)C3CC3)no2)cn1. The van der Waals surface area contributed by atoms with Crippen molar-refractivity contribution in [3.63, 3.8) is 0 Å². The number of nitrogen functional groups attached to an aromatic ring is 1. The smallest absolute Gasteiger partial charge is 0.261 e. The quantitative estimate of drug-likeness (QED) is 0.440. The van der Waals surface area contributed by atoms with Crippen molar-refractivity contribution in [1.29, 1.82) is 0 Å². The van der Waals surface area contributed by atoms with Crippen LogP contribution in [-0.4, -0.2) is 59.8 Å². The van der Waals surface area contributed by atoms with Crippen molar-refractivity contribution in [1.82, 2.24) is 39.8 Å². The largest absolute Gasteiger partial charge is 0.382 e. The van der Waals surface area contributed by atoms with E-state index in [1.54, 1.807) is 37.4 Å². The lowest BCUT2D eigenvalue weighted by Gasteiger charge is -2.26. The Morgan fingerprint density at radius 3 is 2.59 bits per heavy atom. The number of hydrogen-bond acceptors (Lipinski definition) is 9. The normalized spacial score (nSPS) is 15.1. The number of anilines is 1. The van der Waals surface area contributed by atoms with Gasteiger partial charge in [0.2, 0.25) is 5.91 Å². The van der Waals surface area contributed by atoms with E-state index in [2.05, 4.69) is 32.1 Å². The lowest BCUT2D eigenvalue weighted by molar-refractivity contribution is -0.129. The van der Waals surface area contributed by atoms with Crippen LogP contribution in [0.4, 0.5) is 5.82 Å². The topological polar surface area (TPSA) is 142 Å². The number of amides is 1. The van der Waals surface area contributed by atoms with Gasteiger partial charge in [0, 0.05) is 26.5 Å². The van der Waals surface area contributed by atoms with Crippen molar-refractivity contribution in [3.05, 3.63) is 54.5 Å². The third kappa shape index (κ3) is 4.00. The molecule has 0 bridgehead atoms. The van der Waals surface area contributed by atoms with Crippen LogP contribution in [0.1, 0.15) is 31.2 Å². The van der Waals surface area contributed by atoms with Crippen LogP contribution in [0, 0.1) is 5.92 Å². The Morgan fingerprint density at radius 1 is 1.15 bits per heavy atom. The summed E-state index contributed by atoms with van der Waals surface area (Å²) in [5.74, 6) is 1.67. The van der Waals surface area contributed by atoms with E-state index in [4.69, 9.17) is 15.2 Å². The predicted octanol–water partition coefficient (Wildman–Crippen LogP) is 2.17. The molecule has 34 heavy (non-hydrogen) atoms. The molecular formula is C23H25N9O2. The molecule has 11 heteroatoms. The summed E-state index contributed by atoms with van der Waals surface area (Å²) in [4.78, 5) is 31.2. The number of rotatable bonds is 7. The molecule has 0 aromatic carbocycles. The predicted molar refractivity (Wildman–Crippen MR) is 123 cm³/mol. The van der Waals surface area contributed by atoms with Crippen molar-refractivity contribution in [2.45, 2.75) is 31.7 Å². The molecule has 1 aliphatic carbocycles. The van der Waals surface area contributed by atoms with Crippen LogP contribution in [0.2, 0.25) is 0 Å². The second kappa shape index (κ2) is 8.32. The molecule has 1 fully saturated rings. The fourth-order valence-corrected chi connectivity index (χ4v) is 3.92. The molecule has 0 aliphatic heterocycles. The lowest BCUT2D eigenvalue weighted by Crippen LogP contribution is -2.28. The second-order valence-corrected chi connectivity index (χ2v) is 8.87. The van der Waals surface area contributed by atoms with E-state index in [0.29, 0.717) is 40.4 Å². The number of hydrogen-bond donors (Lipinski definition) is 1. The number of carbonyl (C=O) groups is 1. The Kier molecular flexibility index (Phi) is 5.31. The van der Waals surface area contributed by atoms with Crippen LogP contribution < -0.4 is 5.73 Å². The standard InChI is InChI=1S/C23H25N9O2/c1-23(15-4-5-15,16-6-7-17(25-9-16)18-10-27-19(24)11-26-18)22-29-21(34-30-22)14-8-28-32(12-14)13-20(33)31(2)3/h6-12,15H,4-5,13H2,1-3H3,(H2,24,27). The van der Waals surface area contributed by atoms with E-state index in [9.17, 15) is 4.79 Å². The van der Waals surface area contributed by atoms with Crippen LogP contribution in [0.25, 0.3) is 22.8 Å². The average Bonchev–Trinajstić information content (AvgIpc) is 3.39. The summed E-state index contributed by atoms with van der Waals surface area (Å²) in [7, 11) is 3.42. The molecule has 1 saturated carbocycles. The van der Waals surface area contributed by atoms with Crippen molar-refractivity contribution >= 4 is 11.7 Å². The van der Waals surface area contributed by atoms with Crippen LogP contribution in [0.5, 0.6) is 0 Å². The molecule has 0 radical (unpaired) electrons. The molecular weight excluding hydrogens is 434 g/mol. The maximum Gasteiger partial charge on any atom is 0.261 e. The highest BCUT2D eigenvalue weighted by atomic mass is 16.5. The zero-order valence-corrected chi connectivity index (χ0v) is 19.2. The first-order chi connectivity index (χ1) is 16.3. The molecule has 4 aromatic rings. The minimum absolute atomic E-state index is 0.0527. The molecule has 11 nitrogen and oxygen atoms in total. The maximum absolute atomic E-state index is 12.0. The van der Waals surface area contributed by atoms with Crippen LogP contribution in [-0.2, 0) is 16.8 Å². The molecule has 1 atom stereocenters. The maximum atomic E-state index is 12.0. The fraction of sp³-hybridized carbons (Fsp3) is 0.348. The van der Waals surface area contributed by atoms with Crippen molar-refractivity contribution in [2.75, 3.05) is 19.8 Å². The Labute approximate surface area is 196 Å². The van der Waals surface area contributed by atoms with Gasteiger partial charge in [0.1, 0.15) is 18.1 Å². The fourth-order valence-electron chi connectivity index (χ4n) is 3.92. The summed E-state index contributed by atoms with van der Waals surface area (Å²) in [6.45, 7) is 2.27. The van der Waals surface area contributed by atoms with Gasteiger partial charge in [-0.25, -0.2) is 9.97 Å². The summed E-state index contributed by atoms with van der Waals surface area (Å²) in [6, 6.07) is 3.95. The van der Waals surface area contributed by atoms with Crippen molar-refractivity contribution in [3.8, 4) is 22.8 Å². The highest BCUT2D eigenvalue weighted by Gasteiger charge is 2.47. The van der Waals surface area contributed by atoms with E-state index in [0.717, 1.165) is 18.4 Å². The highest BCUT2D eigenvalue weighted by Crippen LogP contribution is 2.50. The van der Waals surface area contributed by atoms with Gasteiger partial charge in [-0.05, 0) is 37.3 Å². The molecule has 4 heterocycles. The molecule has 5 rings (SSSR count). The minimum atomic E-state index is -0.447. The van der Waals surface area contributed by atoms with Crippen LogP contribution in [0.3, 0.4) is 0 Å². The van der Waals surface area contributed by atoms with Crippen molar-refractivity contribution < 1.29 is 9.32 Å². The zero-order chi connectivity index (χ0) is 23.9. The number of carbonyl (C=O) groups excluding carboxylic acids is 1. The number of nitrogens with two attached hydrogens (primary N) is 1. The van der Waals surface area contributed by atoms with E-state index < -0.39 is 5.41 Å². The van der Waals surface area contributed by atoms with Gasteiger partial charge in [-0.3, -0.25) is 14.5 Å². The summed E-state index contributed by atoms with van der Waals surface area (Å²) < 4.78 is 7.17. The molecule has 1 aliphatic rings. The summed E-state index contributed by atoms with van der Waals surface area (Å²) >= 11 is 0. The van der Waals surface area contributed by atoms with Gasteiger partial charge in [-0.15, -0.1) is 0 Å². The summed E-state index contributed by atoms with van der Waals surface area (Å²) in [6.07, 6.45) is 10.5. The van der Waals surface area contributed by atoms with E-state index in [1.165, 1.54) is 11.1 Å². The zero-order valence-electron chi connectivity index (χ0n) is 19.2.